The number of methoxy groups -OCH3 is 1. The number of carboxylic acid groups (broad SMARTS) is 1. The molecule has 0 spiro atoms. The fourth-order valence-corrected chi connectivity index (χ4v) is 1.34. The predicted octanol–water partition coefficient (Wildman–Crippen LogP) is 0.0242. The van der Waals surface area contributed by atoms with Crippen LogP contribution < -0.4 is 14.8 Å². The monoisotopic (exact) mass is 283 g/mol. The Morgan fingerprint density at radius 1 is 1.25 bits per heavy atom. The van der Waals surface area contributed by atoms with Gasteiger partial charge in [-0.2, -0.15) is 0 Å². The third kappa shape index (κ3) is 4.77. The normalized spacial score (nSPS) is 13.2. The second-order valence-electron chi connectivity index (χ2n) is 4.03. The van der Waals surface area contributed by atoms with Gasteiger partial charge in [-0.25, -0.2) is 4.79 Å². The molecule has 1 unspecified atom stereocenters. The Morgan fingerprint density at radius 3 is 2.30 bits per heavy atom. The fraction of sp³-hybridized carbons (Fsp3) is 0.385. The number of carboxylic acids is 1. The van der Waals surface area contributed by atoms with Crippen molar-refractivity contribution in [3.8, 4) is 11.5 Å². The van der Waals surface area contributed by atoms with E-state index in [4.69, 9.17) is 19.7 Å². The Hall–Kier alpha value is -2.28. The summed E-state index contributed by atoms with van der Waals surface area (Å²) in [5, 5.41) is 19.8. The van der Waals surface area contributed by atoms with Gasteiger partial charge < -0.3 is 25.0 Å². The summed E-state index contributed by atoms with van der Waals surface area (Å²) in [5.74, 6) is -0.763. The summed E-state index contributed by atoms with van der Waals surface area (Å²) in [7, 11) is 1.54. The molecule has 1 aromatic carbocycles. The Bertz CT molecular complexity index is 458. The summed E-state index contributed by atoms with van der Waals surface area (Å²) in [6.07, 6.45) is -2.45. The Kier molecular flexibility index (Phi) is 5.79. The van der Waals surface area contributed by atoms with E-state index in [0.29, 0.717) is 11.5 Å². The molecule has 0 bridgehead atoms. The highest BCUT2D eigenvalue weighted by atomic mass is 16.5. The van der Waals surface area contributed by atoms with Crippen molar-refractivity contribution >= 4 is 11.9 Å². The number of benzene rings is 1. The number of nitrogens with one attached hydrogen (secondary N) is 1. The van der Waals surface area contributed by atoms with E-state index in [0.717, 1.165) is 0 Å². The fourth-order valence-electron chi connectivity index (χ4n) is 1.34. The summed E-state index contributed by atoms with van der Waals surface area (Å²) in [6.45, 7) is 1.15. The molecule has 0 aromatic heterocycles. The number of carbonyl (C=O) groups excluding carboxylic acids is 1. The lowest BCUT2D eigenvalue weighted by Crippen LogP contribution is -2.42. The van der Waals surface area contributed by atoms with E-state index < -0.39 is 24.1 Å². The zero-order valence-corrected chi connectivity index (χ0v) is 11.2. The minimum atomic E-state index is -1.63. The van der Waals surface area contributed by atoms with Crippen molar-refractivity contribution < 1.29 is 29.3 Å². The smallest absolute Gasteiger partial charge is 0.334 e. The van der Waals surface area contributed by atoms with Crippen LogP contribution in [0.25, 0.3) is 0 Å². The number of aliphatic carboxylic acids is 1. The van der Waals surface area contributed by atoms with Crippen LogP contribution in [-0.2, 0) is 9.59 Å². The Labute approximate surface area is 116 Å². The van der Waals surface area contributed by atoms with Crippen LogP contribution in [-0.4, -0.2) is 48.0 Å². The lowest BCUT2D eigenvalue weighted by Gasteiger charge is -2.15. The average molecular weight is 283 g/mol. The molecule has 0 aliphatic carbocycles. The van der Waals surface area contributed by atoms with E-state index in [1.54, 1.807) is 31.4 Å². The van der Waals surface area contributed by atoms with Crippen LogP contribution in [0.3, 0.4) is 0 Å². The molecule has 7 nitrogen and oxygen atoms in total. The van der Waals surface area contributed by atoms with Crippen LogP contribution in [0.4, 0.5) is 0 Å². The van der Waals surface area contributed by atoms with Crippen molar-refractivity contribution in [2.75, 3.05) is 13.7 Å². The van der Waals surface area contributed by atoms with Crippen molar-refractivity contribution in [3.05, 3.63) is 24.3 Å². The van der Waals surface area contributed by atoms with Crippen LogP contribution in [0.2, 0.25) is 0 Å². The second kappa shape index (κ2) is 7.34. The molecule has 0 saturated carbocycles. The van der Waals surface area contributed by atoms with E-state index in [1.165, 1.54) is 6.92 Å². The molecule has 0 aliphatic rings. The molecule has 0 radical (unpaired) electrons. The molecule has 110 valence electrons. The second-order valence-corrected chi connectivity index (χ2v) is 4.03. The van der Waals surface area contributed by atoms with Crippen molar-refractivity contribution in [3.63, 3.8) is 0 Å². The number of ether oxygens (including phenoxy) is 2. The summed E-state index contributed by atoms with van der Waals surface area (Å²) in [5.41, 5.74) is 0. The topological polar surface area (TPSA) is 105 Å². The Morgan fingerprint density at radius 2 is 1.80 bits per heavy atom. The van der Waals surface area contributed by atoms with E-state index in [2.05, 4.69) is 5.32 Å². The van der Waals surface area contributed by atoms with Gasteiger partial charge in [-0.05, 0) is 31.2 Å². The number of aliphatic hydroxyl groups is 1. The minimum Gasteiger partial charge on any atom is -0.497 e. The first-order valence-corrected chi connectivity index (χ1v) is 5.93. The predicted molar refractivity (Wildman–Crippen MR) is 69.7 cm³/mol. The highest BCUT2D eigenvalue weighted by Crippen LogP contribution is 2.18. The van der Waals surface area contributed by atoms with Crippen molar-refractivity contribution in [2.24, 2.45) is 0 Å². The zero-order chi connectivity index (χ0) is 15.1. The summed E-state index contributed by atoms with van der Waals surface area (Å²) in [6, 6.07) is 6.67. The maximum atomic E-state index is 11.6. The minimum absolute atomic E-state index is 0.371. The molecular weight excluding hydrogens is 266 g/mol. The summed E-state index contributed by atoms with van der Waals surface area (Å²) in [4.78, 5) is 22.0. The summed E-state index contributed by atoms with van der Waals surface area (Å²) < 4.78 is 10.4. The SMILES string of the molecule is COc1ccc(OC(C)C(=O)NC[C@H](O)C(=O)O)cc1. The summed E-state index contributed by atoms with van der Waals surface area (Å²) >= 11 is 0. The van der Waals surface area contributed by atoms with Gasteiger partial charge >= 0.3 is 5.97 Å². The molecular formula is C13H17NO6. The lowest BCUT2D eigenvalue weighted by molar-refractivity contribution is -0.146. The standard InChI is InChI=1S/C13H17NO6/c1-8(12(16)14-7-11(15)13(17)18)20-10-5-3-9(19-2)4-6-10/h3-6,8,11,15H,7H2,1-2H3,(H,14,16)(H,17,18)/t8?,11-/m0/s1. The number of aliphatic hydroxyl groups excluding tert-OH is 1. The largest absolute Gasteiger partial charge is 0.497 e. The van der Waals surface area contributed by atoms with E-state index in [-0.39, 0.29) is 6.54 Å². The van der Waals surface area contributed by atoms with Gasteiger partial charge in [0, 0.05) is 0 Å². The van der Waals surface area contributed by atoms with E-state index >= 15 is 0 Å². The van der Waals surface area contributed by atoms with Crippen molar-refractivity contribution in [1.82, 2.24) is 5.32 Å². The zero-order valence-electron chi connectivity index (χ0n) is 11.2. The lowest BCUT2D eigenvalue weighted by atomic mass is 10.3. The van der Waals surface area contributed by atoms with Crippen LogP contribution in [0.1, 0.15) is 6.92 Å². The number of hydrogen-bond acceptors (Lipinski definition) is 5. The molecule has 20 heavy (non-hydrogen) atoms. The molecule has 0 aliphatic heterocycles. The van der Waals surface area contributed by atoms with Gasteiger partial charge in [-0.3, -0.25) is 4.79 Å². The Balaban J connectivity index is 2.46. The number of amides is 1. The molecule has 3 N–H and O–H groups in total. The number of rotatable bonds is 7. The third-order valence-electron chi connectivity index (χ3n) is 2.50. The number of carbonyl (C=O) groups is 2. The van der Waals surface area contributed by atoms with Crippen molar-refractivity contribution in [1.29, 1.82) is 0 Å². The van der Waals surface area contributed by atoms with Gasteiger partial charge in [-0.15, -0.1) is 0 Å². The van der Waals surface area contributed by atoms with E-state index in [1.807, 2.05) is 0 Å². The van der Waals surface area contributed by atoms with Gasteiger partial charge in [0.2, 0.25) is 0 Å². The van der Waals surface area contributed by atoms with Crippen LogP contribution in [0, 0.1) is 0 Å². The first kappa shape index (κ1) is 15.8. The molecule has 2 atom stereocenters. The maximum Gasteiger partial charge on any atom is 0.334 e. The highest BCUT2D eigenvalue weighted by Gasteiger charge is 2.18. The molecule has 0 fully saturated rings. The van der Waals surface area contributed by atoms with Crippen LogP contribution in [0.15, 0.2) is 24.3 Å². The first-order chi connectivity index (χ1) is 9.43. The average Bonchev–Trinajstić information content (AvgIpc) is 2.44. The molecule has 1 aromatic rings. The van der Waals surface area contributed by atoms with E-state index in [9.17, 15) is 9.59 Å². The quantitative estimate of drug-likeness (QED) is 0.652. The van der Waals surface area contributed by atoms with Gasteiger partial charge in [0.25, 0.3) is 5.91 Å². The van der Waals surface area contributed by atoms with Crippen LogP contribution in [0.5, 0.6) is 11.5 Å². The van der Waals surface area contributed by atoms with Crippen molar-refractivity contribution in [2.45, 2.75) is 19.1 Å². The molecule has 0 saturated heterocycles. The van der Waals surface area contributed by atoms with Gasteiger partial charge in [0.1, 0.15) is 11.5 Å². The molecule has 1 amide bonds. The van der Waals surface area contributed by atoms with Gasteiger partial charge in [0.15, 0.2) is 12.2 Å². The van der Waals surface area contributed by atoms with Gasteiger partial charge in [-0.1, -0.05) is 0 Å². The number of hydrogen-bond donors (Lipinski definition) is 3. The highest BCUT2D eigenvalue weighted by molar-refractivity contribution is 5.81. The molecule has 1 rings (SSSR count). The maximum absolute atomic E-state index is 11.6. The van der Waals surface area contributed by atoms with Gasteiger partial charge in [0.05, 0.1) is 13.7 Å². The van der Waals surface area contributed by atoms with Crippen LogP contribution >= 0.6 is 0 Å². The third-order valence-corrected chi connectivity index (χ3v) is 2.50. The first-order valence-electron chi connectivity index (χ1n) is 5.93. The molecule has 7 heteroatoms. The molecule has 0 heterocycles.